The fourth-order valence-electron chi connectivity index (χ4n) is 3.34. The van der Waals surface area contributed by atoms with Crippen molar-refractivity contribution in [3.63, 3.8) is 0 Å². The zero-order chi connectivity index (χ0) is 15.4. The standard InChI is InChI=1S/C15H13N3O4/c19-13(20)7-18-14(21)12-5-9-8-3-1-2-4-10(8)16-11(9)6-17(12)15(18)22/h1-4,12,16H,5-7H2,(H,19,20)/t12-/m0/s1. The molecule has 2 aliphatic heterocycles. The van der Waals surface area contributed by atoms with Gasteiger partial charge in [0.1, 0.15) is 12.6 Å². The van der Waals surface area contributed by atoms with Crippen LogP contribution in [0.1, 0.15) is 11.3 Å². The summed E-state index contributed by atoms with van der Waals surface area (Å²) in [5.41, 5.74) is 2.93. The monoisotopic (exact) mass is 299 g/mol. The average molecular weight is 299 g/mol. The van der Waals surface area contributed by atoms with E-state index in [0.29, 0.717) is 13.0 Å². The van der Waals surface area contributed by atoms with Crippen LogP contribution in [0.3, 0.4) is 0 Å². The van der Waals surface area contributed by atoms with E-state index in [1.165, 1.54) is 4.90 Å². The lowest BCUT2D eigenvalue weighted by atomic mass is 9.97. The van der Waals surface area contributed by atoms with Gasteiger partial charge in [0.05, 0.1) is 6.54 Å². The molecule has 1 fully saturated rings. The first-order valence-corrected chi connectivity index (χ1v) is 6.98. The lowest BCUT2D eigenvalue weighted by molar-refractivity contribution is -0.141. The van der Waals surface area contributed by atoms with E-state index in [4.69, 9.17) is 5.11 Å². The molecule has 112 valence electrons. The number of nitrogens with one attached hydrogen (secondary N) is 1. The molecule has 3 amide bonds. The molecule has 0 saturated carbocycles. The number of carboxylic acids is 1. The molecule has 2 aliphatic rings. The van der Waals surface area contributed by atoms with Crippen molar-refractivity contribution in [1.29, 1.82) is 0 Å². The van der Waals surface area contributed by atoms with Gasteiger partial charge in [0.25, 0.3) is 5.91 Å². The molecule has 0 unspecified atom stereocenters. The minimum atomic E-state index is -1.19. The molecule has 2 aromatic rings. The summed E-state index contributed by atoms with van der Waals surface area (Å²) in [4.78, 5) is 41.0. The van der Waals surface area contributed by atoms with Crippen LogP contribution in [0.5, 0.6) is 0 Å². The van der Waals surface area contributed by atoms with Gasteiger partial charge in [-0.15, -0.1) is 0 Å². The Balaban J connectivity index is 1.74. The third kappa shape index (κ3) is 1.65. The van der Waals surface area contributed by atoms with Crippen molar-refractivity contribution in [2.45, 2.75) is 19.0 Å². The minimum absolute atomic E-state index is 0.301. The molecule has 3 heterocycles. The Labute approximate surface area is 125 Å². The molecule has 7 heteroatoms. The second-order valence-corrected chi connectivity index (χ2v) is 5.58. The number of carbonyl (C=O) groups is 3. The summed E-state index contributed by atoms with van der Waals surface area (Å²) in [6, 6.07) is 6.67. The minimum Gasteiger partial charge on any atom is -0.480 e. The maximum atomic E-state index is 12.3. The Morgan fingerprint density at radius 1 is 1.32 bits per heavy atom. The van der Waals surface area contributed by atoms with E-state index in [0.717, 1.165) is 27.1 Å². The number of H-pyrrole nitrogens is 1. The summed E-state index contributed by atoms with van der Waals surface area (Å²) in [6.07, 6.45) is 0.417. The molecule has 1 aromatic heterocycles. The topological polar surface area (TPSA) is 93.7 Å². The molecule has 1 aromatic carbocycles. The zero-order valence-corrected chi connectivity index (χ0v) is 11.6. The normalized spacial score (nSPS) is 20.5. The third-order valence-corrected chi connectivity index (χ3v) is 4.33. The first-order chi connectivity index (χ1) is 10.6. The van der Waals surface area contributed by atoms with Crippen molar-refractivity contribution in [3.8, 4) is 0 Å². The number of aromatic nitrogens is 1. The summed E-state index contributed by atoms with van der Waals surface area (Å²) in [7, 11) is 0. The second-order valence-electron chi connectivity index (χ2n) is 5.58. The van der Waals surface area contributed by atoms with Gasteiger partial charge < -0.3 is 15.0 Å². The number of carboxylic acid groups (broad SMARTS) is 1. The molecule has 22 heavy (non-hydrogen) atoms. The molecule has 2 N–H and O–H groups in total. The van der Waals surface area contributed by atoms with Gasteiger partial charge in [0.2, 0.25) is 0 Å². The van der Waals surface area contributed by atoms with Crippen LogP contribution in [0, 0.1) is 0 Å². The number of aromatic amines is 1. The van der Waals surface area contributed by atoms with Crippen LogP contribution in [0.2, 0.25) is 0 Å². The molecule has 1 saturated heterocycles. The SMILES string of the molecule is O=C(O)CN1C(=O)[C@@H]2Cc3c([nH]c4ccccc34)CN2C1=O. The predicted molar refractivity (Wildman–Crippen MR) is 76.1 cm³/mol. The quantitative estimate of drug-likeness (QED) is 0.807. The predicted octanol–water partition coefficient (Wildman–Crippen LogP) is 0.941. The number of imide groups is 1. The fourth-order valence-corrected chi connectivity index (χ4v) is 3.34. The lowest BCUT2D eigenvalue weighted by Crippen LogP contribution is -2.39. The van der Waals surface area contributed by atoms with Crippen molar-refractivity contribution < 1.29 is 19.5 Å². The van der Waals surface area contributed by atoms with E-state index in [9.17, 15) is 14.4 Å². The number of carbonyl (C=O) groups excluding carboxylic acids is 2. The number of benzene rings is 1. The summed E-state index contributed by atoms with van der Waals surface area (Å²) < 4.78 is 0. The van der Waals surface area contributed by atoms with E-state index in [1.807, 2.05) is 24.3 Å². The highest BCUT2D eigenvalue weighted by Gasteiger charge is 2.48. The van der Waals surface area contributed by atoms with Crippen LogP contribution < -0.4 is 0 Å². The maximum Gasteiger partial charge on any atom is 0.328 e. The third-order valence-electron chi connectivity index (χ3n) is 4.33. The molecule has 0 radical (unpaired) electrons. The van der Waals surface area contributed by atoms with E-state index >= 15 is 0 Å². The number of amides is 3. The van der Waals surface area contributed by atoms with Crippen LogP contribution in [0.15, 0.2) is 24.3 Å². The highest BCUT2D eigenvalue weighted by atomic mass is 16.4. The summed E-state index contributed by atoms with van der Waals surface area (Å²) >= 11 is 0. The van der Waals surface area contributed by atoms with E-state index in [1.54, 1.807) is 0 Å². The molecular formula is C15H13N3O4. The average Bonchev–Trinajstić information content (AvgIpc) is 2.96. The highest BCUT2D eigenvalue weighted by molar-refractivity contribution is 6.06. The van der Waals surface area contributed by atoms with Crippen LogP contribution >= 0.6 is 0 Å². The van der Waals surface area contributed by atoms with E-state index in [-0.39, 0.29) is 0 Å². The van der Waals surface area contributed by atoms with Gasteiger partial charge in [0.15, 0.2) is 0 Å². The summed E-state index contributed by atoms with van der Waals surface area (Å²) in [5, 5.41) is 9.90. The Hall–Kier alpha value is -2.83. The van der Waals surface area contributed by atoms with Gasteiger partial charge in [-0.3, -0.25) is 14.5 Å². The maximum absolute atomic E-state index is 12.3. The smallest absolute Gasteiger partial charge is 0.328 e. The Morgan fingerprint density at radius 3 is 2.86 bits per heavy atom. The number of hydrogen-bond acceptors (Lipinski definition) is 3. The number of urea groups is 1. The fraction of sp³-hybridized carbons (Fsp3) is 0.267. The van der Waals surface area contributed by atoms with Crippen molar-refractivity contribution >= 4 is 28.8 Å². The Kier molecular flexibility index (Phi) is 2.53. The molecular weight excluding hydrogens is 286 g/mol. The molecule has 0 bridgehead atoms. The first-order valence-electron chi connectivity index (χ1n) is 6.98. The second kappa shape index (κ2) is 4.33. The number of hydrogen-bond donors (Lipinski definition) is 2. The molecule has 4 rings (SSSR count). The van der Waals surface area contributed by atoms with Gasteiger partial charge in [-0.2, -0.15) is 0 Å². The van der Waals surface area contributed by atoms with Gasteiger partial charge in [-0.25, -0.2) is 4.79 Å². The molecule has 1 atom stereocenters. The van der Waals surface area contributed by atoms with Crippen molar-refractivity contribution in [2.24, 2.45) is 0 Å². The van der Waals surface area contributed by atoms with Crippen molar-refractivity contribution in [1.82, 2.24) is 14.8 Å². The number of aliphatic carboxylic acids is 1. The zero-order valence-electron chi connectivity index (χ0n) is 11.6. The molecule has 0 aliphatic carbocycles. The van der Waals surface area contributed by atoms with Crippen LogP contribution in [-0.2, 0) is 22.6 Å². The Morgan fingerprint density at radius 2 is 2.09 bits per heavy atom. The van der Waals surface area contributed by atoms with Crippen LogP contribution in [0.25, 0.3) is 10.9 Å². The van der Waals surface area contributed by atoms with Crippen LogP contribution in [-0.4, -0.2) is 50.4 Å². The van der Waals surface area contributed by atoms with Gasteiger partial charge in [0, 0.05) is 23.0 Å². The van der Waals surface area contributed by atoms with Crippen LogP contribution in [0.4, 0.5) is 4.79 Å². The lowest BCUT2D eigenvalue weighted by Gasteiger charge is -2.26. The number of fused-ring (bicyclic) bond motifs is 4. The first kappa shape index (κ1) is 12.9. The van der Waals surface area contributed by atoms with Crippen molar-refractivity contribution in [2.75, 3.05) is 6.54 Å². The van der Waals surface area contributed by atoms with Crippen molar-refractivity contribution in [3.05, 3.63) is 35.5 Å². The van der Waals surface area contributed by atoms with Gasteiger partial charge in [-0.05, 0) is 11.6 Å². The largest absolute Gasteiger partial charge is 0.480 e. The number of para-hydroxylation sites is 1. The van der Waals surface area contributed by atoms with Gasteiger partial charge >= 0.3 is 12.0 Å². The van der Waals surface area contributed by atoms with E-state index < -0.39 is 30.5 Å². The number of nitrogens with zero attached hydrogens (tertiary/aromatic N) is 2. The summed E-state index contributed by atoms with van der Waals surface area (Å²) in [6.45, 7) is -0.283. The highest BCUT2D eigenvalue weighted by Crippen LogP contribution is 2.34. The summed E-state index contributed by atoms with van der Waals surface area (Å²) in [5.74, 6) is -1.62. The van der Waals surface area contributed by atoms with Gasteiger partial charge in [-0.1, -0.05) is 18.2 Å². The number of rotatable bonds is 2. The van der Waals surface area contributed by atoms with E-state index in [2.05, 4.69) is 4.98 Å². The molecule has 0 spiro atoms. The Bertz CT molecular complexity index is 825. The molecule has 7 nitrogen and oxygen atoms in total.